The van der Waals surface area contributed by atoms with Crippen molar-refractivity contribution in [2.24, 2.45) is 0 Å². The van der Waals surface area contributed by atoms with Gasteiger partial charge in [0.15, 0.2) is 0 Å². The van der Waals surface area contributed by atoms with Crippen LogP contribution in [0.2, 0.25) is 0 Å². The monoisotopic (exact) mass is 193 g/mol. The highest BCUT2D eigenvalue weighted by molar-refractivity contribution is 5.57. The Morgan fingerprint density at radius 1 is 1.57 bits per heavy atom. The van der Waals surface area contributed by atoms with E-state index in [2.05, 4.69) is 11.2 Å². The molecule has 1 rings (SSSR count). The largest absolute Gasteiger partial charge is 0.494 e. The third-order valence-electron chi connectivity index (χ3n) is 1.77. The second-order valence-corrected chi connectivity index (χ2v) is 2.70. The number of hydrogen-bond donors (Lipinski definition) is 1. The van der Waals surface area contributed by atoms with Crippen LogP contribution < -0.4 is 10.1 Å². The fourth-order valence-electron chi connectivity index (χ4n) is 1.11. The van der Waals surface area contributed by atoms with E-state index in [0.29, 0.717) is 24.4 Å². The van der Waals surface area contributed by atoms with Crippen LogP contribution in [0.15, 0.2) is 18.2 Å². The fraction of sp³-hybridized carbons (Fsp3) is 0.273. The molecule has 0 radical (unpaired) electrons. The van der Waals surface area contributed by atoms with Crippen molar-refractivity contribution < 1.29 is 9.13 Å². The number of hydrogen-bond acceptors (Lipinski definition) is 2. The van der Waals surface area contributed by atoms with Crippen molar-refractivity contribution in [3.05, 3.63) is 24.0 Å². The van der Waals surface area contributed by atoms with Crippen molar-refractivity contribution in [1.29, 1.82) is 0 Å². The molecule has 0 aliphatic carbocycles. The Morgan fingerprint density at radius 3 is 3.00 bits per heavy atom. The van der Waals surface area contributed by atoms with Gasteiger partial charge in [-0.25, -0.2) is 4.39 Å². The Morgan fingerprint density at radius 2 is 2.36 bits per heavy atom. The summed E-state index contributed by atoms with van der Waals surface area (Å²) in [7, 11) is 1.50. The zero-order valence-electron chi connectivity index (χ0n) is 8.01. The van der Waals surface area contributed by atoms with E-state index in [1.807, 2.05) is 0 Å². The van der Waals surface area contributed by atoms with Gasteiger partial charge < -0.3 is 10.1 Å². The van der Waals surface area contributed by atoms with Gasteiger partial charge in [-0.15, -0.1) is 12.3 Å². The number of rotatable bonds is 4. The van der Waals surface area contributed by atoms with E-state index in [9.17, 15) is 4.39 Å². The molecule has 0 atom stereocenters. The van der Waals surface area contributed by atoms with Crippen LogP contribution in [0, 0.1) is 18.2 Å². The van der Waals surface area contributed by atoms with Gasteiger partial charge >= 0.3 is 0 Å². The van der Waals surface area contributed by atoms with Crippen molar-refractivity contribution in [3.63, 3.8) is 0 Å². The molecule has 0 aromatic heterocycles. The molecule has 0 amide bonds. The highest BCUT2D eigenvalue weighted by Gasteiger charge is 2.06. The second-order valence-electron chi connectivity index (χ2n) is 2.70. The van der Waals surface area contributed by atoms with Gasteiger partial charge in [0.1, 0.15) is 17.3 Å². The summed E-state index contributed by atoms with van der Waals surface area (Å²) in [6.45, 7) is 0.536. The minimum atomic E-state index is -0.332. The molecule has 1 N–H and O–H groups in total. The van der Waals surface area contributed by atoms with Crippen LogP contribution in [0.3, 0.4) is 0 Å². The van der Waals surface area contributed by atoms with E-state index >= 15 is 0 Å². The van der Waals surface area contributed by atoms with Crippen molar-refractivity contribution >= 4 is 5.69 Å². The minimum Gasteiger partial charge on any atom is -0.494 e. The number of methoxy groups -OCH3 is 1. The molecular formula is C11H12FNO. The van der Waals surface area contributed by atoms with Gasteiger partial charge in [-0.1, -0.05) is 6.07 Å². The normalized spacial score (nSPS) is 9.21. The lowest BCUT2D eigenvalue weighted by Crippen LogP contribution is -2.04. The van der Waals surface area contributed by atoms with Crippen molar-refractivity contribution in [1.82, 2.24) is 0 Å². The zero-order valence-corrected chi connectivity index (χ0v) is 8.01. The maximum atomic E-state index is 13.3. The molecule has 1 aromatic rings. The summed E-state index contributed by atoms with van der Waals surface area (Å²) in [6.07, 6.45) is 5.64. The molecule has 0 bridgehead atoms. The van der Waals surface area contributed by atoms with E-state index in [4.69, 9.17) is 11.2 Å². The van der Waals surface area contributed by atoms with Crippen LogP contribution >= 0.6 is 0 Å². The summed E-state index contributed by atoms with van der Waals surface area (Å²) in [4.78, 5) is 0. The first-order valence-electron chi connectivity index (χ1n) is 4.29. The molecule has 1 aromatic carbocycles. The zero-order chi connectivity index (χ0) is 10.4. The van der Waals surface area contributed by atoms with Gasteiger partial charge in [0, 0.05) is 13.0 Å². The maximum absolute atomic E-state index is 13.3. The Balaban J connectivity index is 2.78. The smallest absolute Gasteiger partial charge is 0.150 e. The molecule has 0 saturated carbocycles. The molecule has 0 fully saturated rings. The van der Waals surface area contributed by atoms with E-state index in [0.717, 1.165) is 0 Å². The van der Waals surface area contributed by atoms with Crippen molar-refractivity contribution in [3.8, 4) is 18.1 Å². The van der Waals surface area contributed by atoms with Crippen LogP contribution in [0.1, 0.15) is 6.42 Å². The summed E-state index contributed by atoms with van der Waals surface area (Å²) < 4.78 is 18.3. The van der Waals surface area contributed by atoms with E-state index in [-0.39, 0.29) is 5.82 Å². The Bertz CT molecular complexity index is 344. The molecule has 74 valence electrons. The van der Waals surface area contributed by atoms with Crippen LogP contribution in [0.5, 0.6) is 5.75 Å². The quantitative estimate of drug-likeness (QED) is 0.585. The number of para-hydroxylation sites is 1. The molecule has 0 spiro atoms. The molecule has 0 aliphatic heterocycles. The van der Waals surface area contributed by atoms with Gasteiger partial charge in [-0.2, -0.15) is 0 Å². The van der Waals surface area contributed by atoms with Crippen LogP contribution in [-0.2, 0) is 0 Å². The SMILES string of the molecule is C#CCCNc1c(F)cccc1OC. The van der Waals surface area contributed by atoms with Crippen LogP contribution in [-0.4, -0.2) is 13.7 Å². The van der Waals surface area contributed by atoms with Gasteiger partial charge in [-0.05, 0) is 12.1 Å². The summed E-state index contributed by atoms with van der Waals surface area (Å²) in [6, 6.07) is 4.67. The lowest BCUT2D eigenvalue weighted by molar-refractivity contribution is 0.413. The van der Waals surface area contributed by atoms with Crippen LogP contribution in [0.4, 0.5) is 10.1 Å². The number of terminal acetylenes is 1. The van der Waals surface area contributed by atoms with Gasteiger partial charge in [0.25, 0.3) is 0 Å². The molecule has 3 heteroatoms. The van der Waals surface area contributed by atoms with E-state index in [1.54, 1.807) is 12.1 Å². The number of ether oxygens (including phenoxy) is 1. The van der Waals surface area contributed by atoms with Gasteiger partial charge in [0.05, 0.1) is 7.11 Å². The van der Waals surface area contributed by atoms with Crippen molar-refractivity contribution in [2.45, 2.75) is 6.42 Å². The standard InChI is InChI=1S/C11H12FNO/c1-3-4-8-13-11-9(12)6-5-7-10(11)14-2/h1,5-7,13H,4,8H2,2H3. The minimum absolute atomic E-state index is 0.332. The lowest BCUT2D eigenvalue weighted by Gasteiger charge is -2.10. The summed E-state index contributed by atoms with van der Waals surface area (Å²) >= 11 is 0. The Kier molecular flexibility index (Phi) is 3.81. The average Bonchev–Trinajstić information content (AvgIpc) is 2.20. The van der Waals surface area contributed by atoms with Gasteiger partial charge in [0.2, 0.25) is 0 Å². The Hall–Kier alpha value is -1.69. The second kappa shape index (κ2) is 5.13. The highest BCUT2D eigenvalue weighted by atomic mass is 19.1. The molecule has 14 heavy (non-hydrogen) atoms. The third-order valence-corrected chi connectivity index (χ3v) is 1.77. The average molecular weight is 193 g/mol. The number of nitrogens with one attached hydrogen (secondary N) is 1. The molecular weight excluding hydrogens is 181 g/mol. The summed E-state index contributed by atoms with van der Waals surface area (Å²) in [5, 5.41) is 2.89. The summed E-state index contributed by atoms with van der Waals surface area (Å²) in [5.74, 6) is 2.63. The molecule has 0 unspecified atom stereocenters. The topological polar surface area (TPSA) is 21.3 Å². The first-order valence-corrected chi connectivity index (χ1v) is 4.29. The van der Waals surface area contributed by atoms with E-state index in [1.165, 1.54) is 13.2 Å². The predicted molar refractivity (Wildman–Crippen MR) is 54.9 cm³/mol. The first kappa shape index (κ1) is 10.4. The fourth-order valence-corrected chi connectivity index (χ4v) is 1.11. The number of anilines is 1. The Labute approximate surface area is 83.1 Å². The lowest BCUT2D eigenvalue weighted by atomic mass is 10.2. The van der Waals surface area contributed by atoms with Crippen molar-refractivity contribution in [2.75, 3.05) is 19.0 Å². The van der Waals surface area contributed by atoms with Gasteiger partial charge in [-0.3, -0.25) is 0 Å². The molecule has 0 saturated heterocycles. The van der Waals surface area contributed by atoms with E-state index < -0.39 is 0 Å². The molecule has 0 heterocycles. The predicted octanol–water partition coefficient (Wildman–Crippen LogP) is 2.27. The third kappa shape index (κ3) is 2.40. The maximum Gasteiger partial charge on any atom is 0.150 e. The molecule has 2 nitrogen and oxygen atoms in total. The van der Waals surface area contributed by atoms with Crippen LogP contribution in [0.25, 0.3) is 0 Å². The molecule has 0 aliphatic rings. The highest BCUT2D eigenvalue weighted by Crippen LogP contribution is 2.26. The number of benzene rings is 1. The summed E-state index contributed by atoms with van der Waals surface area (Å²) in [5.41, 5.74) is 0.366. The first-order chi connectivity index (χ1) is 6.79. The number of halogens is 1.